The third kappa shape index (κ3) is 8.26. The van der Waals surface area contributed by atoms with Crippen molar-refractivity contribution >= 4 is 63.7 Å². The van der Waals surface area contributed by atoms with Gasteiger partial charge >= 0.3 is 0 Å². The van der Waals surface area contributed by atoms with Crippen molar-refractivity contribution in [2.75, 3.05) is 11.9 Å². The summed E-state index contributed by atoms with van der Waals surface area (Å²) in [5, 5.41) is 9.60. The number of para-hydroxylation sites is 1. The molecule has 0 atom stereocenters. The Bertz CT molecular complexity index is 1620. The summed E-state index contributed by atoms with van der Waals surface area (Å²) in [4.78, 5) is 44.2. The largest absolute Gasteiger partial charge is 0.487 e. The number of fused-ring (bicyclic) bond motifs is 1. The smallest absolute Gasteiger partial charge is 0.244 e. The van der Waals surface area contributed by atoms with Gasteiger partial charge in [-0.25, -0.2) is 9.97 Å². The molecule has 3 N–H and O–H groups in total. The molecule has 0 saturated heterocycles. The molecule has 2 heterocycles. The summed E-state index contributed by atoms with van der Waals surface area (Å²) < 4.78 is 6.05. The van der Waals surface area contributed by atoms with Gasteiger partial charge in [-0.3, -0.25) is 14.4 Å². The second-order valence-electron chi connectivity index (χ2n) is 9.05. The van der Waals surface area contributed by atoms with Gasteiger partial charge in [-0.15, -0.1) is 0 Å². The minimum absolute atomic E-state index is 0.113. The summed E-state index contributed by atoms with van der Waals surface area (Å²) >= 11 is 13.1. The molecule has 2 aromatic heterocycles. The normalized spacial score (nSPS) is 10.9. The molecule has 3 amide bonds. The maximum absolute atomic E-state index is 12.4. The van der Waals surface area contributed by atoms with E-state index in [0.29, 0.717) is 38.3 Å². The summed E-state index contributed by atoms with van der Waals surface area (Å²) in [6, 6.07) is 16.4. The lowest BCUT2D eigenvalue weighted by atomic mass is 10.1. The number of carbonyl (C=O) groups is 3. The van der Waals surface area contributed by atoms with Crippen LogP contribution in [0.1, 0.15) is 29.3 Å². The lowest BCUT2D eigenvalue weighted by Gasteiger charge is -2.14. The molecule has 4 aromatic rings. The van der Waals surface area contributed by atoms with Crippen molar-refractivity contribution in [3.63, 3.8) is 0 Å². The predicted octanol–water partition coefficient (Wildman–Crippen LogP) is 5.23. The van der Waals surface area contributed by atoms with E-state index in [1.807, 2.05) is 37.3 Å². The van der Waals surface area contributed by atoms with Crippen LogP contribution in [0, 0.1) is 6.92 Å². The topological polar surface area (TPSA) is 122 Å². The number of halogens is 2. The number of nitrogens with one attached hydrogen (secondary N) is 3. The van der Waals surface area contributed by atoms with Crippen LogP contribution in [0.5, 0.6) is 5.75 Å². The fourth-order valence-electron chi connectivity index (χ4n) is 3.81. The van der Waals surface area contributed by atoms with Gasteiger partial charge in [-0.1, -0.05) is 47.5 Å². The van der Waals surface area contributed by atoms with Crippen molar-refractivity contribution in [2.45, 2.75) is 27.0 Å². The average Bonchev–Trinajstić information content (AvgIpc) is 2.95. The first kappa shape index (κ1) is 29.5. The van der Waals surface area contributed by atoms with Crippen molar-refractivity contribution in [1.29, 1.82) is 0 Å². The van der Waals surface area contributed by atoms with Crippen molar-refractivity contribution in [3.05, 3.63) is 99.3 Å². The number of hydrogen-bond acceptors (Lipinski definition) is 6. The number of carbonyl (C=O) groups excluding carboxylic acids is 3. The minimum atomic E-state index is -0.451. The number of aromatic nitrogens is 2. The fraction of sp³-hybridized carbons (Fsp3) is 0.167. The van der Waals surface area contributed by atoms with E-state index in [0.717, 1.165) is 16.6 Å². The van der Waals surface area contributed by atoms with E-state index in [4.69, 9.17) is 27.9 Å². The minimum Gasteiger partial charge on any atom is -0.487 e. The van der Waals surface area contributed by atoms with Gasteiger partial charge in [0, 0.05) is 47.4 Å². The summed E-state index contributed by atoms with van der Waals surface area (Å²) in [5.74, 6) is -0.0493. The van der Waals surface area contributed by atoms with Crippen molar-refractivity contribution in [1.82, 2.24) is 20.6 Å². The van der Waals surface area contributed by atoms with Crippen molar-refractivity contribution < 1.29 is 19.1 Å². The Balaban J connectivity index is 1.29. The molecular formula is C30H27Cl2N5O4. The van der Waals surface area contributed by atoms with E-state index in [-0.39, 0.29) is 25.6 Å². The van der Waals surface area contributed by atoms with Gasteiger partial charge in [0.1, 0.15) is 23.7 Å². The molecule has 0 radical (unpaired) electrons. The fourth-order valence-corrected chi connectivity index (χ4v) is 4.36. The Labute approximate surface area is 246 Å². The second-order valence-corrected chi connectivity index (χ2v) is 9.84. The van der Waals surface area contributed by atoms with Gasteiger partial charge in [0.25, 0.3) is 0 Å². The Morgan fingerprint density at radius 1 is 1.00 bits per heavy atom. The van der Waals surface area contributed by atoms with E-state index in [1.54, 1.807) is 30.3 Å². The average molecular weight is 592 g/mol. The zero-order valence-electron chi connectivity index (χ0n) is 22.3. The van der Waals surface area contributed by atoms with Crippen molar-refractivity contribution in [3.8, 4) is 5.75 Å². The van der Waals surface area contributed by atoms with E-state index in [2.05, 4.69) is 25.9 Å². The highest BCUT2D eigenvalue weighted by atomic mass is 35.5. The third-order valence-corrected chi connectivity index (χ3v) is 6.70. The molecule has 0 aliphatic heterocycles. The molecule has 9 nitrogen and oxygen atoms in total. The lowest BCUT2D eigenvalue weighted by Crippen LogP contribution is -2.35. The number of rotatable bonds is 10. The molecule has 0 aliphatic rings. The highest BCUT2D eigenvalue weighted by Gasteiger charge is 2.14. The summed E-state index contributed by atoms with van der Waals surface area (Å²) in [7, 11) is 0. The van der Waals surface area contributed by atoms with Crippen molar-refractivity contribution in [2.24, 2.45) is 0 Å². The summed E-state index contributed by atoms with van der Waals surface area (Å²) in [6.45, 7) is 3.33. The lowest BCUT2D eigenvalue weighted by molar-refractivity contribution is -0.124. The monoisotopic (exact) mass is 591 g/mol. The standard InChI is InChI=1S/C30H27Cl2N5O4/c1-18-6-9-21-4-3-5-25(30(21)36-18)41-17-23-24(31)11-10-22(29(23)32)15-34-28(40)16-35-27(39)13-8-20-7-12-26(33-14-20)37-19(2)38/h3-14H,15-17H2,1-2H3,(H,34,40)(H,35,39)(H,33,37,38)/b13-8+. The van der Waals surface area contributed by atoms with E-state index >= 15 is 0 Å². The van der Waals surface area contributed by atoms with Crippen LogP contribution in [0.2, 0.25) is 10.0 Å². The maximum Gasteiger partial charge on any atom is 0.244 e. The molecule has 0 aliphatic carbocycles. The SMILES string of the molecule is CC(=O)Nc1ccc(/C=C/C(=O)NCC(=O)NCc2ccc(Cl)c(COc3cccc4ccc(C)nc34)c2Cl)cn1. The van der Waals surface area contributed by atoms with Gasteiger partial charge in [0.15, 0.2) is 0 Å². The first-order valence-electron chi connectivity index (χ1n) is 12.6. The number of ether oxygens (including phenoxy) is 1. The highest BCUT2D eigenvalue weighted by molar-refractivity contribution is 6.36. The molecule has 0 unspecified atom stereocenters. The van der Waals surface area contributed by atoms with Crippen LogP contribution in [0.3, 0.4) is 0 Å². The van der Waals surface area contributed by atoms with Crippen LogP contribution in [0.4, 0.5) is 5.82 Å². The number of anilines is 1. The van der Waals surface area contributed by atoms with Gasteiger partial charge < -0.3 is 20.7 Å². The number of hydrogen-bond donors (Lipinski definition) is 3. The first-order valence-corrected chi connectivity index (χ1v) is 13.4. The molecule has 0 saturated carbocycles. The Morgan fingerprint density at radius 2 is 1.83 bits per heavy atom. The van der Waals surface area contributed by atoms with Crippen LogP contribution < -0.4 is 20.7 Å². The molecule has 210 valence electrons. The molecule has 41 heavy (non-hydrogen) atoms. The van der Waals surface area contributed by atoms with E-state index in [1.165, 1.54) is 19.2 Å². The second kappa shape index (κ2) is 13.7. The van der Waals surface area contributed by atoms with E-state index < -0.39 is 11.8 Å². The molecule has 0 bridgehead atoms. The molecule has 11 heteroatoms. The number of benzene rings is 2. The molecule has 2 aromatic carbocycles. The van der Waals surface area contributed by atoms with Crippen LogP contribution in [-0.4, -0.2) is 34.2 Å². The quantitative estimate of drug-likeness (QED) is 0.217. The van der Waals surface area contributed by atoms with Gasteiger partial charge in [0.05, 0.1) is 11.6 Å². The predicted molar refractivity (Wildman–Crippen MR) is 160 cm³/mol. The number of nitrogens with zero attached hydrogens (tertiary/aromatic N) is 2. The zero-order valence-corrected chi connectivity index (χ0v) is 23.8. The Kier molecular flexibility index (Phi) is 9.89. The van der Waals surface area contributed by atoms with Gasteiger partial charge in [-0.05, 0) is 54.5 Å². The number of pyridine rings is 2. The number of amides is 3. The summed E-state index contributed by atoms with van der Waals surface area (Å²) in [5.41, 5.74) is 3.51. The maximum atomic E-state index is 12.4. The first-order chi connectivity index (χ1) is 19.7. The molecule has 0 spiro atoms. The zero-order chi connectivity index (χ0) is 29.4. The number of aryl methyl sites for hydroxylation is 1. The van der Waals surface area contributed by atoms with Gasteiger partial charge in [0.2, 0.25) is 17.7 Å². The third-order valence-electron chi connectivity index (χ3n) is 5.88. The Morgan fingerprint density at radius 3 is 2.59 bits per heavy atom. The van der Waals surface area contributed by atoms with Crippen LogP contribution >= 0.6 is 23.2 Å². The Hall–Kier alpha value is -4.47. The summed E-state index contributed by atoms with van der Waals surface area (Å²) in [6.07, 6.45) is 4.35. The van der Waals surface area contributed by atoms with Crippen LogP contribution in [0.15, 0.2) is 66.9 Å². The highest BCUT2D eigenvalue weighted by Crippen LogP contribution is 2.31. The molecule has 4 rings (SSSR count). The van der Waals surface area contributed by atoms with Crippen LogP contribution in [0.25, 0.3) is 17.0 Å². The van der Waals surface area contributed by atoms with Crippen LogP contribution in [-0.2, 0) is 27.5 Å². The van der Waals surface area contributed by atoms with E-state index in [9.17, 15) is 14.4 Å². The molecule has 0 fully saturated rings. The van der Waals surface area contributed by atoms with Gasteiger partial charge in [-0.2, -0.15) is 0 Å². The molecular weight excluding hydrogens is 565 g/mol.